The summed E-state index contributed by atoms with van der Waals surface area (Å²) in [5.74, 6) is 0. The van der Waals surface area contributed by atoms with Crippen molar-refractivity contribution in [2.24, 2.45) is 0 Å². The molecule has 18 heavy (non-hydrogen) atoms. The molecule has 1 fully saturated rings. The molecule has 5 nitrogen and oxygen atoms in total. The largest absolute Gasteiger partial charge is 0.394 e. The maximum absolute atomic E-state index is 12.0. The maximum Gasteiger partial charge on any atom is 0.323 e. The van der Waals surface area contributed by atoms with E-state index in [0.717, 1.165) is 25.7 Å². The van der Waals surface area contributed by atoms with E-state index in [1.54, 1.807) is 4.90 Å². The molecule has 0 aromatic carbocycles. The third-order valence-corrected chi connectivity index (χ3v) is 4.09. The van der Waals surface area contributed by atoms with Gasteiger partial charge in [0.1, 0.15) is 0 Å². The van der Waals surface area contributed by atoms with Gasteiger partial charge < -0.3 is 10.0 Å². The Morgan fingerprint density at radius 1 is 1.72 bits per heavy atom. The molecule has 6 heteroatoms. The summed E-state index contributed by atoms with van der Waals surface area (Å²) in [6.07, 6.45) is 5.72. The van der Waals surface area contributed by atoms with E-state index < -0.39 is 0 Å². The molecule has 0 spiro atoms. The number of nitrogens with zero attached hydrogens (tertiary/aromatic N) is 2. The molecule has 1 aliphatic heterocycles. The third kappa shape index (κ3) is 3.00. The number of aliphatic hydroxyl groups excluding tert-OH is 1. The van der Waals surface area contributed by atoms with Crippen molar-refractivity contribution < 1.29 is 9.90 Å². The Bertz CT molecular complexity index is 408. The fourth-order valence-corrected chi connectivity index (χ4v) is 3.09. The van der Waals surface area contributed by atoms with Gasteiger partial charge in [-0.25, -0.2) is 9.78 Å². The Morgan fingerprint density at radius 3 is 3.28 bits per heavy atom. The number of rotatable bonds is 4. The smallest absolute Gasteiger partial charge is 0.323 e. The van der Waals surface area contributed by atoms with Crippen molar-refractivity contribution in [3.8, 4) is 0 Å². The van der Waals surface area contributed by atoms with Crippen molar-refractivity contribution in [3.63, 3.8) is 0 Å². The van der Waals surface area contributed by atoms with Crippen LogP contribution in [-0.4, -0.2) is 40.2 Å². The van der Waals surface area contributed by atoms with Crippen LogP contribution in [0.15, 0.2) is 6.20 Å². The Labute approximate surface area is 111 Å². The van der Waals surface area contributed by atoms with Crippen LogP contribution in [0.2, 0.25) is 0 Å². The van der Waals surface area contributed by atoms with Crippen molar-refractivity contribution in [2.75, 3.05) is 18.5 Å². The lowest BCUT2D eigenvalue weighted by molar-refractivity contribution is 0.166. The maximum atomic E-state index is 12.0. The zero-order valence-electron chi connectivity index (χ0n) is 10.6. The zero-order chi connectivity index (χ0) is 13.0. The summed E-state index contributed by atoms with van der Waals surface area (Å²) in [5.41, 5.74) is 0. The van der Waals surface area contributed by atoms with Gasteiger partial charge in [-0.2, -0.15) is 0 Å². The second-order valence-corrected chi connectivity index (χ2v) is 5.60. The number of anilines is 1. The fourth-order valence-electron chi connectivity index (χ4n) is 2.18. The molecule has 1 saturated heterocycles. The highest BCUT2D eigenvalue weighted by molar-refractivity contribution is 7.15. The number of hydrogen-bond acceptors (Lipinski definition) is 4. The molecule has 2 amide bonds. The minimum absolute atomic E-state index is 0.0341. The summed E-state index contributed by atoms with van der Waals surface area (Å²) in [5, 5.41) is 12.6. The van der Waals surface area contributed by atoms with Crippen LogP contribution in [0.4, 0.5) is 9.93 Å². The molecule has 2 N–H and O–H groups in total. The van der Waals surface area contributed by atoms with Crippen molar-refractivity contribution in [3.05, 3.63) is 11.1 Å². The van der Waals surface area contributed by atoms with E-state index in [1.807, 2.05) is 6.20 Å². The quantitative estimate of drug-likeness (QED) is 0.879. The third-order valence-electron chi connectivity index (χ3n) is 3.11. The van der Waals surface area contributed by atoms with Gasteiger partial charge in [0.05, 0.1) is 12.6 Å². The molecule has 0 bridgehead atoms. The SMILES string of the molecule is CCCc1cnc(NC(=O)N2CCC[C@H]2CO)s1. The monoisotopic (exact) mass is 269 g/mol. The van der Waals surface area contributed by atoms with E-state index in [0.29, 0.717) is 11.7 Å². The summed E-state index contributed by atoms with van der Waals surface area (Å²) in [6.45, 7) is 2.87. The Balaban J connectivity index is 1.93. The number of amides is 2. The first-order chi connectivity index (χ1) is 8.74. The second kappa shape index (κ2) is 6.15. The van der Waals surface area contributed by atoms with Crippen molar-refractivity contribution in [1.29, 1.82) is 0 Å². The predicted molar refractivity (Wildman–Crippen MR) is 71.9 cm³/mol. The number of aromatic nitrogens is 1. The average Bonchev–Trinajstić information content (AvgIpc) is 2.98. The Morgan fingerprint density at radius 2 is 2.56 bits per heavy atom. The standard InChI is InChI=1S/C12H19N3O2S/c1-2-4-10-7-13-11(18-10)14-12(17)15-6-3-5-9(15)8-16/h7,9,16H,2-6,8H2,1H3,(H,13,14,17)/t9-/m0/s1. The summed E-state index contributed by atoms with van der Waals surface area (Å²) in [6, 6.07) is -0.191. The first-order valence-electron chi connectivity index (χ1n) is 6.37. The van der Waals surface area contributed by atoms with E-state index in [-0.39, 0.29) is 18.7 Å². The molecular weight excluding hydrogens is 250 g/mol. The molecule has 1 aliphatic rings. The van der Waals surface area contributed by atoms with Crippen LogP contribution in [0.5, 0.6) is 0 Å². The van der Waals surface area contributed by atoms with E-state index in [1.165, 1.54) is 16.2 Å². The molecule has 0 saturated carbocycles. The van der Waals surface area contributed by atoms with Crippen LogP contribution in [-0.2, 0) is 6.42 Å². The summed E-state index contributed by atoms with van der Waals surface area (Å²) in [4.78, 5) is 19.1. The van der Waals surface area contributed by atoms with Gasteiger partial charge in [-0.05, 0) is 19.3 Å². The number of nitrogens with one attached hydrogen (secondary N) is 1. The zero-order valence-corrected chi connectivity index (χ0v) is 11.4. The normalized spacial score (nSPS) is 19.2. The van der Waals surface area contributed by atoms with Crippen LogP contribution in [0.1, 0.15) is 31.1 Å². The molecular formula is C12H19N3O2S. The van der Waals surface area contributed by atoms with Crippen molar-refractivity contribution >= 4 is 22.5 Å². The first-order valence-corrected chi connectivity index (χ1v) is 7.19. The van der Waals surface area contributed by atoms with Crippen LogP contribution in [0.25, 0.3) is 0 Å². The number of carbonyl (C=O) groups is 1. The molecule has 0 unspecified atom stereocenters. The molecule has 0 aliphatic carbocycles. The molecule has 1 atom stereocenters. The highest BCUT2D eigenvalue weighted by Gasteiger charge is 2.28. The van der Waals surface area contributed by atoms with Gasteiger partial charge in [0.2, 0.25) is 0 Å². The highest BCUT2D eigenvalue weighted by atomic mass is 32.1. The number of hydrogen-bond donors (Lipinski definition) is 2. The van der Waals surface area contributed by atoms with Crippen molar-refractivity contribution in [2.45, 2.75) is 38.6 Å². The average molecular weight is 269 g/mol. The number of aryl methyl sites for hydroxylation is 1. The number of urea groups is 1. The summed E-state index contributed by atoms with van der Waals surface area (Å²) in [7, 11) is 0. The number of likely N-dealkylation sites (tertiary alicyclic amines) is 1. The summed E-state index contributed by atoms with van der Waals surface area (Å²) < 4.78 is 0. The van der Waals surface area contributed by atoms with Gasteiger partial charge >= 0.3 is 6.03 Å². The lowest BCUT2D eigenvalue weighted by Gasteiger charge is -2.22. The minimum atomic E-state index is -0.149. The fraction of sp³-hybridized carbons (Fsp3) is 0.667. The van der Waals surface area contributed by atoms with Gasteiger partial charge in [-0.3, -0.25) is 5.32 Å². The van der Waals surface area contributed by atoms with Crippen LogP contribution < -0.4 is 5.32 Å². The second-order valence-electron chi connectivity index (χ2n) is 4.48. The van der Waals surface area contributed by atoms with Crippen LogP contribution in [0, 0.1) is 0 Å². The van der Waals surface area contributed by atoms with E-state index >= 15 is 0 Å². The Hall–Kier alpha value is -1.14. The van der Waals surface area contributed by atoms with Crippen LogP contribution >= 0.6 is 11.3 Å². The number of aliphatic hydroxyl groups is 1. The van der Waals surface area contributed by atoms with E-state index in [2.05, 4.69) is 17.2 Å². The molecule has 1 aromatic rings. The topological polar surface area (TPSA) is 65.5 Å². The van der Waals surface area contributed by atoms with Gasteiger partial charge in [0, 0.05) is 17.6 Å². The van der Waals surface area contributed by atoms with E-state index in [4.69, 9.17) is 0 Å². The minimum Gasteiger partial charge on any atom is -0.394 e. The Kier molecular flexibility index (Phi) is 4.54. The number of carbonyl (C=O) groups excluding carboxylic acids is 1. The lowest BCUT2D eigenvalue weighted by atomic mass is 10.2. The first kappa shape index (κ1) is 13.3. The van der Waals surface area contributed by atoms with Crippen molar-refractivity contribution in [1.82, 2.24) is 9.88 Å². The van der Waals surface area contributed by atoms with E-state index in [9.17, 15) is 9.90 Å². The molecule has 1 aromatic heterocycles. The van der Waals surface area contributed by atoms with Gasteiger partial charge in [-0.1, -0.05) is 13.3 Å². The number of thiazole rings is 1. The van der Waals surface area contributed by atoms with Gasteiger partial charge in [0.15, 0.2) is 5.13 Å². The predicted octanol–water partition coefficient (Wildman–Crippen LogP) is 2.08. The molecule has 2 heterocycles. The summed E-state index contributed by atoms with van der Waals surface area (Å²) >= 11 is 1.52. The van der Waals surface area contributed by atoms with Crippen LogP contribution in [0.3, 0.4) is 0 Å². The van der Waals surface area contributed by atoms with Gasteiger partial charge in [-0.15, -0.1) is 11.3 Å². The molecule has 0 radical (unpaired) electrons. The highest BCUT2D eigenvalue weighted by Crippen LogP contribution is 2.22. The van der Waals surface area contributed by atoms with Gasteiger partial charge in [0.25, 0.3) is 0 Å². The molecule has 100 valence electrons. The lowest BCUT2D eigenvalue weighted by Crippen LogP contribution is -2.40. The molecule has 2 rings (SSSR count).